The monoisotopic (exact) mass is 266 g/mol. The van der Waals surface area contributed by atoms with Crippen LogP contribution in [0.5, 0.6) is 0 Å². The first kappa shape index (κ1) is 12.9. The van der Waals surface area contributed by atoms with E-state index in [0.717, 1.165) is 0 Å². The zero-order valence-electron chi connectivity index (χ0n) is 9.82. The molecule has 2 rings (SSSR count). The topological polar surface area (TPSA) is 46.0 Å². The van der Waals surface area contributed by atoms with Gasteiger partial charge in [0.2, 0.25) is 0 Å². The van der Waals surface area contributed by atoms with Crippen molar-refractivity contribution in [1.82, 2.24) is 9.97 Å². The van der Waals surface area contributed by atoms with Crippen LogP contribution < -0.4 is 0 Å². The first-order valence-electron chi connectivity index (χ1n) is 5.48. The summed E-state index contributed by atoms with van der Waals surface area (Å²) in [7, 11) is 0. The molecule has 0 aliphatic rings. The Labute approximate surface area is 109 Å². The van der Waals surface area contributed by atoms with E-state index in [0.29, 0.717) is 23.2 Å². The Balaban J connectivity index is 2.38. The Morgan fingerprint density at radius 1 is 1.28 bits per heavy atom. The fourth-order valence-corrected chi connectivity index (χ4v) is 2.02. The van der Waals surface area contributed by atoms with Gasteiger partial charge < -0.3 is 5.11 Å². The molecule has 0 fully saturated rings. The van der Waals surface area contributed by atoms with Crippen LogP contribution in [0.4, 0.5) is 4.39 Å². The van der Waals surface area contributed by atoms with Crippen molar-refractivity contribution in [3.63, 3.8) is 0 Å². The minimum Gasteiger partial charge on any atom is -0.388 e. The molecule has 0 radical (unpaired) electrons. The summed E-state index contributed by atoms with van der Waals surface area (Å²) in [4.78, 5) is 8.07. The first-order chi connectivity index (χ1) is 8.61. The van der Waals surface area contributed by atoms with E-state index in [1.807, 2.05) is 0 Å². The minimum absolute atomic E-state index is 0.259. The average molecular weight is 267 g/mol. The first-order valence-corrected chi connectivity index (χ1v) is 5.85. The highest BCUT2D eigenvalue weighted by atomic mass is 35.5. The van der Waals surface area contributed by atoms with E-state index < -0.39 is 0 Å². The molecule has 3 nitrogen and oxygen atoms in total. The van der Waals surface area contributed by atoms with Crippen molar-refractivity contribution < 1.29 is 9.50 Å². The van der Waals surface area contributed by atoms with E-state index >= 15 is 0 Å². The highest BCUT2D eigenvalue weighted by Gasteiger charge is 2.12. The van der Waals surface area contributed by atoms with Gasteiger partial charge in [0.15, 0.2) is 5.82 Å². The van der Waals surface area contributed by atoms with Crippen LogP contribution in [0.15, 0.2) is 24.3 Å². The molecule has 0 spiro atoms. The van der Waals surface area contributed by atoms with Gasteiger partial charge in [0, 0.05) is 17.7 Å². The van der Waals surface area contributed by atoms with Crippen molar-refractivity contribution in [2.24, 2.45) is 0 Å². The molecule has 0 saturated heterocycles. The Kier molecular flexibility index (Phi) is 3.89. The number of aliphatic hydroxyl groups excluding tert-OH is 1. The zero-order chi connectivity index (χ0) is 13.1. The predicted molar refractivity (Wildman–Crippen MR) is 66.9 cm³/mol. The molecule has 1 N–H and O–H groups in total. The van der Waals surface area contributed by atoms with Crippen LogP contribution in [-0.4, -0.2) is 15.1 Å². The molecule has 2 aromatic rings. The van der Waals surface area contributed by atoms with Crippen LogP contribution in [-0.2, 0) is 13.0 Å². The fourth-order valence-electron chi connectivity index (χ4n) is 1.72. The molecule has 0 bridgehead atoms. The normalized spacial score (nSPS) is 10.7. The van der Waals surface area contributed by atoms with Gasteiger partial charge in [-0.1, -0.05) is 29.8 Å². The van der Waals surface area contributed by atoms with Gasteiger partial charge in [-0.2, -0.15) is 0 Å². The molecule has 94 valence electrons. The fraction of sp³-hybridized carbons (Fsp3) is 0.231. The van der Waals surface area contributed by atoms with Crippen LogP contribution in [0, 0.1) is 12.7 Å². The van der Waals surface area contributed by atoms with E-state index in [2.05, 4.69) is 9.97 Å². The third-order valence-corrected chi connectivity index (χ3v) is 2.99. The number of rotatable bonds is 3. The van der Waals surface area contributed by atoms with Crippen LogP contribution >= 0.6 is 11.6 Å². The maximum Gasteiger partial charge on any atom is 0.155 e. The molecule has 1 aromatic heterocycles. The molecule has 0 unspecified atom stereocenters. The lowest BCUT2D eigenvalue weighted by Gasteiger charge is -2.09. The predicted octanol–water partition coefficient (Wildman–Crippen LogP) is 2.66. The molecule has 0 aliphatic heterocycles. The van der Waals surface area contributed by atoms with E-state index in [4.69, 9.17) is 16.7 Å². The lowest BCUT2D eigenvalue weighted by molar-refractivity contribution is 0.271. The summed E-state index contributed by atoms with van der Waals surface area (Å²) in [5.74, 6) is -0.00557. The number of benzene rings is 1. The summed E-state index contributed by atoms with van der Waals surface area (Å²) < 4.78 is 13.6. The molecule has 1 aromatic carbocycles. The second-order valence-electron chi connectivity index (χ2n) is 3.92. The van der Waals surface area contributed by atoms with Crippen molar-refractivity contribution in [2.75, 3.05) is 0 Å². The molecule has 0 saturated carbocycles. The summed E-state index contributed by atoms with van der Waals surface area (Å²) in [6.07, 6.45) is 0.336. The van der Waals surface area contributed by atoms with Crippen molar-refractivity contribution in [2.45, 2.75) is 20.0 Å². The molecule has 18 heavy (non-hydrogen) atoms. The minimum atomic E-state index is -0.279. The maximum absolute atomic E-state index is 13.6. The summed E-state index contributed by atoms with van der Waals surface area (Å²) in [5.41, 5.74) is 1.88. The lowest BCUT2D eigenvalue weighted by Crippen LogP contribution is -2.04. The van der Waals surface area contributed by atoms with Crippen LogP contribution in [0.1, 0.15) is 22.6 Å². The number of nitrogens with zero attached hydrogens (tertiary/aromatic N) is 2. The quantitative estimate of drug-likeness (QED) is 0.869. The molecule has 0 amide bonds. The third-order valence-electron chi connectivity index (χ3n) is 2.68. The molecular weight excluding hydrogens is 255 g/mol. The zero-order valence-corrected chi connectivity index (χ0v) is 10.6. The molecule has 0 atom stereocenters. The lowest BCUT2D eigenvalue weighted by atomic mass is 10.0. The van der Waals surface area contributed by atoms with Crippen molar-refractivity contribution >= 4 is 11.6 Å². The highest BCUT2D eigenvalue weighted by Crippen LogP contribution is 2.21. The molecule has 5 heteroatoms. The van der Waals surface area contributed by atoms with Gasteiger partial charge in [0.05, 0.1) is 0 Å². The average Bonchev–Trinajstić information content (AvgIpc) is 2.35. The van der Waals surface area contributed by atoms with Crippen LogP contribution in [0.3, 0.4) is 0 Å². The number of hydrogen-bond acceptors (Lipinski definition) is 3. The van der Waals surface area contributed by atoms with Crippen molar-refractivity contribution in [1.29, 1.82) is 0 Å². The van der Waals surface area contributed by atoms with Crippen molar-refractivity contribution in [3.8, 4) is 0 Å². The van der Waals surface area contributed by atoms with Gasteiger partial charge in [-0.15, -0.1) is 0 Å². The van der Waals surface area contributed by atoms with E-state index in [1.54, 1.807) is 25.1 Å². The number of hydrogen-bond donors (Lipinski definition) is 1. The Bertz CT molecular complexity index is 552. The van der Waals surface area contributed by atoms with Gasteiger partial charge in [-0.05, 0) is 18.6 Å². The summed E-state index contributed by atoms with van der Waals surface area (Å²) in [6, 6.07) is 6.51. The standard InChI is InChI=1S/C13H12ClFN2O/c1-8-10(13(14)17-12(7-18)16-8)6-9-4-2-3-5-11(9)15/h2-5,18H,6-7H2,1H3. The van der Waals surface area contributed by atoms with Crippen molar-refractivity contribution in [3.05, 3.63) is 57.9 Å². The van der Waals surface area contributed by atoms with Gasteiger partial charge in [0.25, 0.3) is 0 Å². The van der Waals surface area contributed by atoms with Gasteiger partial charge in [0.1, 0.15) is 17.6 Å². The van der Waals surface area contributed by atoms with Crippen LogP contribution in [0.25, 0.3) is 0 Å². The SMILES string of the molecule is Cc1nc(CO)nc(Cl)c1Cc1ccccc1F. The Morgan fingerprint density at radius 3 is 2.61 bits per heavy atom. The summed E-state index contributed by atoms with van der Waals surface area (Å²) in [6.45, 7) is 1.50. The maximum atomic E-state index is 13.6. The smallest absolute Gasteiger partial charge is 0.155 e. The van der Waals surface area contributed by atoms with E-state index in [9.17, 15) is 4.39 Å². The number of aromatic nitrogens is 2. The van der Waals surface area contributed by atoms with E-state index in [-0.39, 0.29) is 23.4 Å². The second kappa shape index (κ2) is 5.42. The van der Waals surface area contributed by atoms with Gasteiger partial charge >= 0.3 is 0 Å². The van der Waals surface area contributed by atoms with Crippen LogP contribution in [0.2, 0.25) is 5.15 Å². The Morgan fingerprint density at radius 2 is 2.00 bits per heavy atom. The molecule has 0 aliphatic carbocycles. The summed E-state index contributed by atoms with van der Waals surface area (Å²) >= 11 is 6.03. The number of aliphatic hydroxyl groups is 1. The molecule has 1 heterocycles. The van der Waals surface area contributed by atoms with Gasteiger partial charge in [-0.25, -0.2) is 14.4 Å². The largest absolute Gasteiger partial charge is 0.388 e. The third kappa shape index (κ3) is 2.66. The van der Waals surface area contributed by atoms with E-state index in [1.165, 1.54) is 6.07 Å². The summed E-state index contributed by atoms with van der Waals surface area (Å²) in [5, 5.41) is 9.23. The van der Waals surface area contributed by atoms with Gasteiger partial charge in [-0.3, -0.25) is 0 Å². The second-order valence-corrected chi connectivity index (χ2v) is 4.28. The number of aryl methyl sites for hydroxylation is 1. The highest BCUT2D eigenvalue weighted by molar-refractivity contribution is 6.30. The Hall–Kier alpha value is -1.52. The molecular formula is C13H12ClFN2O. The number of halogens is 2.